The number of hydrogen-bond donors (Lipinski definition) is 4. The maximum absolute atomic E-state index is 14.9. The Morgan fingerprint density at radius 3 is 1.86 bits per heavy atom. The monoisotopic (exact) mass is 580 g/mol. The maximum Gasteiger partial charge on any atom is 0.187 e. The fraction of sp³-hybridized carbons (Fsp3) is 0.833. The smallest absolute Gasteiger partial charge is 0.187 e. The Kier molecular flexibility index (Phi) is 5.65. The number of aliphatic hydroxyl groups is 4. The van der Waals surface area contributed by atoms with Crippen LogP contribution in [0.3, 0.4) is 0 Å². The fourth-order valence-electron chi connectivity index (χ4n) is 13.4. The van der Waals surface area contributed by atoms with E-state index in [4.69, 9.17) is 0 Å². The SMILES string of the molecule is CC1(C)[C@H](O)CC[C@]2(C)C3=CC(=O)[C@](C)(O)[C@H]4[C@H]5C6=C([C@@H](C(=O)[C@]5(C)O)C34CC[C@@H]12)[C@@]1(C)CC[C@H](O)C(C)(C)[C@@H]1CC6. The van der Waals surface area contributed by atoms with Crippen LogP contribution in [0.1, 0.15) is 107 Å². The number of ketones is 2. The summed E-state index contributed by atoms with van der Waals surface area (Å²) >= 11 is 0. The summed E-state index contributed by atoms with van der Waals surface area (Å²) in [5.41, 5.74) is -2.26. The van der Waals surface area contributed by atoms with Crippen molar-refractivity contribution in [3.63, 3.8) is 0 Å². The molecule has 8 rings (SSSR count). The van der Waals surface area contributed by atoms with Crippen molar-refractivity contribution in [3.8, 4) is 0 Å². The topological polar surface area (TPSA) is 115 Å². The van der Waals surface area contributed by atoms with E-state index in [1.54, 1.807) is 19.9 Å². The maximum atomic E-state index is 14.9. The van der Waals surface area contributed by atoms with Crippen molar-refractivity contribution in [2.45, 2.75) is 130 Å². The van der Waals surface area contributed by atoms with Gasteiger partial charge in [-0.1, -0.05) is 58.3 Å². The molecule has 0 aromatic heterocycles. The van der Waals surface area contributed by atoms with E-state index < -0.39 is 52.0 Å². The molecule has 4 fully saturated rings. The zero-order chi connectivity index (χ0) is 30.8. The van der Waals surface area contributed by atoms with Gasteiger partial charge >= 0.3 is 0 Å². The van der Waals surface area contributed by atoms with Crippen molar-refractivity contribution in [1.82, 2.24) is 0 Å². The molecule has 0 heterocycles. The molecule has 0 aliphatic heterocycles. The molecule has 4 saturated carbocycles. The summed E-state index contributed by atoms with van der Waals surface area (Å²) in [5.74, 6) is -2.00. The number of carbonyl (C=O) groups excluding carboxylic acids is 2. The van der Waals surface area contributed by atoms with Crippen LogP contribution in [0.2, 0.25) is 0 Å². The standard InChI is InChI=1S/C36H52O6/c1-30(2)19-10-9-18-25(33(19,6)15-13-23(30)38)27-29(40)35(8,42)26(18)28-34(7,41)24(39)17-21-32(5)14-12-22(37)31(3,4)20(32)11-16-36(21,27)28/h17,19-20,22-23,26-28,37-38,41-42H,9-16H2,1-8H3/t19-,20-,22+,23-,26+,27-,28+,32-,33-,34-,35+,36?/m0/s1. The Morgan fingerprint density at radius 2 is 1.26 bits per heavy atom. The molecular formula is C36H52O6. The van der Waals surface area contributed by atoms with E-state index in [0.717, 1.165) is 36.8 Å². The molecule has 232 valence electrons. The highest BCUT2D eigenvalue weighted by molar-refractivity contribution is 6.03. The first kappa shape index (κ1) is 29.4. The summed E-state index contributed by atoms with van der Waals surface area (Å²) in [6.45, 7) is 16.4. The van der Waals surface area contributed by atoms with Crippen LogP contribution in [-0.2, 0) is 9.59 Å². The van der Waals surface area contributed by atoms with Crippen LogP contribution in [0.15, 0.2) is 22.8 Å². The molecular weight excluding hydrogens is 528 g/mol. The Balaban J connectivity index is 1.52. The molecule has 2 bridgehead atoms. The van der Waals surface area contributed by atoms with E-state index in [-0.39, 0.29) is 39.6 Å². The molecule has 6 nitrogen and oxygen atoms in total. The molecule has 0 aromatic carbocycles. The first-order chi connectivity index (χ1) is 19.2. The molecule has 4 N–H and O–H groups in total. The van der Waals surface area contributed by atoms with Gasteiger partial charge < -0.3 is 20.4 Å². The summed E-state index contributed by atoms with van der Waals surface area (Å²) in [6.07, 6.45) is 6.70. The minimum absolute atomic E-state index is 0.130. The van der Waals surface area contributed by atoms with Crippen LogP contribution in [0.5, 0.6) is 0 Å². The van der Waals surface area contributed by atoms with E-state index in [1.807, 2.05) is 0 Å². The van der Waals surface area contributed by atoms with Gasteiger partial charge in [0.05, 0.1) is 18.1 Å². The minimum atomic E-state index is -1.71. The molecule has 0 radical (unpaired) electrons. The number of aliphatic hydroxyl groups excluding tert-OH is 2. The lowest BCUT2D eigenvalue weighted by atomic mass is 9.29. The zero-order valence-electron chi connectivity index (χ0n) is 26.9. The van der Waals surface area contributed by atoms with Gasteiger partial charge in [0.2, 0.25) is 0 Å². The van der Waals surface area contributed by atoms with Gasteiger partial charge in [0.15, 0.2) is 11.6 Å². The lowest BCUT2D eigenvalue weighted by molar-refractivity contribution is -0.218. The summed E-state index contributed by atoms with van der Waals surface area (Å²) < 4.78 is 0. The second-order valence-electron chi connectivity index (χ2n) is 17.7. The highest BCUT2D eigenvalue weighted by Crippen LogP contribution is 2.79. The largest absolute Gasteiger partial charge is 0.393 e. The van der Waals surface area contributed by atoms with Gasteiger partial charge in [0.25, 0.3) is 0 Å². The highest BCUT2D eigenvalue weighted by Gasteiger charge is 2.79. The number of hydrogen-bond acceptors (Lipinski definition) is 6. The zero-order valence-corrected chi connectivity index (χ0v) is 26.9. The molecule has 42 heavy (non-hydrogen) atoms. The van der Waals surface area contributed by atoms with Gasteiger partial charge in [-0.25, -0.2) is 0 Å². The van der Waals surface area contributed by atoms with Crippen LogP contribution in [-0.4, -0.2) is 55.4 Å². The quantitative estimate of drug-likeness (QED) is 0.303. The van der Waals surface area contributed by atoms with Crippen LogP contribution in [0, 0.1) is 56.7 Å². The number of rotatable bonds is 0. The van der Waals surface area contributed by atoms with Crippen molar-refractivity contribution >= 4 is 11.6 Å². The van der Waals surface area contributed by atoms with Crippen molar-refractivity contribution in [1.29, 1.82) is 0 Å². The molecule has 1 spiro atoms. The number of allylic oxidation sites excluding steroid dienone is 2. The highest BCUT2D eigenvalue weighted by atomic mass is 16.3. The summed E-state index contributed by atoms with van der Waals surface area (Å²) in [4.78, 5) is 28.9. The number of fused-ring (bicyclic) bond motifs is 4. The summed E-state index contributed by atoms with van der Waals surface area (Å²) in [6, 6.07) is 0. The average molecular weight is 581 g/mol. The Bertz CT molecular complexity index is 1350. The normalized spacial score (nSPS) is 55.6. The summed E-state index contributed by atoms with van der Waals surface area (Å²) in [7, 11) is 0. The molecule has 8 aliphatic carbocycles. The number of Topliss-reactive ketones (excluding diaryl/α,β-unsaturated/α-hetero) is 1. The Morgan fingerprint density at radius 1 is 0.714 bits per heavy atom. The lowest BCUT2D eigenvalue weighted by Crippen LogP contribution is -2.77. The van der Waals surface area contributed by atoms with Crippen LogP contribution < -0.4 is 0 Å². The van der Waals surface area contributed by atoms with Gasteiger partial charge in [0, 0.05) is 17.3 Å². The fourth-order valence-corrected chi connectivity index (χ4v) is 13.4. The van der Waals surface area contributed by atoms with Gasteiger partial charge in [-0.05, 0) is 105 Å². The molecule has 0 amide bonds. The van der Waals surface area contributed by atoms with Crippen molar-refractivity contribution in [2.75, 3.05) is 0 Å². The minimum Gasteiger partial charge on any atom is -0.393 e. The second kappa shape index (κ2) is 8.08. The third-order valence-electron chi connectivity index (χ3n) is 15.4. The molecule has 1 unspecified atom stereocenters. The van der Waals surface area contributed by atoms with Gasteiger partial charge in [-0.3, -0.25) is 9.59 Å². The third-order valence-corrected chi connectivity index (χ3v) is 15.4. The molecule has 0 aromatic rings. The molecule has 6 heteroatoms. The predicted octanol–water partition coefficient (Wildman–Crippen LogP) is 4.92. The van der Waals surface area contributed by atoms with Gasteiger partial charge in [-0.15, -0.1) is 0 Å². The number of carbonyl (C=O) groups is 2. The second-order valence-corrected chi connectivity index (χ2v) is 17.7. The Hall–Kier alpha value is -1.34. The summed E-state index contributed by atoms with van der Waals surface area (Å²) in [5, 5.41) is 46.6. The predicted molar refractivity (Wildman–Crippen MR) is 159 cm³/mol. The average Bonchev–Trinajstić information content (AvgIpc) is 2.88. The molecule has 0 saturated heterocycles. The van der Waals surface area contributed by atoms with Crippen molar-refractivity contribution in [3.05, 3.63) is 22.8 Å². The van der Waals surface area contributed by atoms with E-state index >= 15 is 0 Å². The van der Waals surface area contributed by atoms with Crippen LogP contribution >= 0.6 is 0 Å². The first-order valence-electron chi connectivity index (χ1n) is 16.6. The molecule has 8 aliphatic rings. The first-order valence-corrected chi connectivity index (χ1v) is 16.6. The van der Waals surface area contributed by atoms with Gasteiger partial charge in [-0.2, -0.15) is 0 Å². The van der Waals surface area contributed by atoms with Crippen molar-refractivity contribution in [2.24, 2.45) is 56.7 Å². The molecule has 12 atom stereocenters. The van der Waals surface area contributed by atoms with E-state index in [2.05, 4.69) is 41.5 Å². The third kappa shape index (κ3) is 2.98. The van der Waals surface area contributed by atoms with E-state index in [1.165, 1.54) is 5.57 Å². The van der Waals surface area contributed by atoms with Crippen molar-refractivity contribution < 1.29 is 30.0 Å². The van der Waals surface area contributed by atoms with Crippen LogP contribution in [0.4, 0.5) is 0 Å². The van der Waals surface area contributed by atoms with E-state index in [0.29, 0.717) is 25.7 Å². The van der Waals surface area contributed by atoms with E-state index in [9.17, 15) is 30.0 Å². The van der Waals surface area contributed by atoms with Crippen LogP contribution in [0.25, 0.3) is 0 Å². The van der Waals surface area contributed by atoms with Gasteiger partial charge in [0.1, 0.15) is 11.2 Å². The lowest BCUT2D eigenvalue weighted by Gasteiger charge is -2.74. The Labute approximate surface area is 251 Å².